The third-order valence-electron chi connectivity index (χ3n) is 31.3. The van der Waals surface area contributed by atoms with E-state index in [1.54, 1.807) is 74.0 Å². The van der Waals surface area contributed by atoms with Gasteiger partial charge >= 0.3 is 5.97 Å². The number of amides is 1. The molecule has 140 heavy (non-hydrogen) atoms. The van der Waals surface area contributed by atoms with Gasteiger partial charge in [-0.1, -0.05) is 76.4 Å². The lowest BCUT2D eigenvalue weighted by Gasteiger charge is -2.57. The number of phenols is 1. The molecule has 0 spiro atoms. The zero-order chi connectivity index (χ0) is 104. The fourth-order valence-electron chi connectivity index (χ4n) is 23.3. The number of aliphatic hydroxyl groups is 10. The van der Waals surface area contributed by atoms with E-state index in [1.807, 2.05) is 53.7 Å². The molecule has 3 aromatic rings. The summed E-state index contributed by atoms with van der Waals surface area (Å²) < 4.78 is 73.7. The highest BCUT2D eigenvalue weighted by atomic mass is 35.5. The average Bonchev–Trinajstić information content (AvgIpc) is 1.49. The molecule has 0 bridgehead atoms. The van der Waals surface area contributed by atoms with Crippen LogP contribution in [0.1, 0.15) is 222 Å². The number of nitrogens with zero attached hydrogens (tertiary/aromatic N) is 3. The number of nitrogen functional groups attached to an aromatic ring is 1. The maximum atomic E-state index is 13.8. The molecule has 1 amide bonds. The van der Waals surface area contributed by atoms with Gasteiger partial charge in [0.05, 0.1) is 83.5 Å². The van der Waals surface area contributed by atoms with Crippen LogP contribution in [0.4, 0.5) is 5.69 Å². The van der Waals surface area contributed by atoms with Crippen molar-refractivity contribution in [2.24, 2.45) is 75.7 Å². The van der Waals surface area contributed by atoms with Crippen LogP contribution in [0.15, 0.2) is 99.2 Å². The summed E-state index contributed by atoms with van der Waals surface area (Å²) in [5.74, 6) is -9.65. The van der Waals surface area contributed by atoms with E-state index in [1.165, 1.54) is 55.2 Å². The lowest BCUT2D eigenvalue weighted by molar-refractivity contribution is -0.342. The van der Waals surface area contributed by atoms with Gasteiger partial charge in [0.1, 0.15) is 76.5 Å². The van der Waals surface area contributed by atoms with Gasteiger partial charge in [-0.3, -0.25) is 38.5 Å². The molecule has 13 rings (SSSR count). The molecule has 0 radical (unpaired) electrons. The van der Waals surface area contributed by atoms with Crippen molar-refractivity contribution in [2.75, 3.05) is 47.1 Å². The number of ether oxygens (including phenoxy) is 8. The predicted molar refractivity (Wildman–Crippen MR) is 516 cm³/mol. The number of methoxy groups -OCH3 is 1. The first-order valence-electron chi connectivity index (χ1n) is 48.6. The van der Waals surface area contributed by atoms with Crippen molar-refractivity contribution < 1.29 is 141 Å². The van der Waals surface area contributed by atoms with E-state index >= 15 is 0 Å². The zero-order valence-corrected chi connectivity index (χ0v) is 85.7. The molecule has 2 aromatic carbocycles. The molecule has 5 fully saturated rings. The number of esters is 1. The molecule has 16 N–H and O–H groups in total. The second-order valence-corrected chi connectivity index (χ2v) is 43.9. The van der Waals surface area contributed by atoms with Crippen molar-refractivity contribution >= 4 is 80.0 Å². The van der Waals surface area contributed by atoms with Crippen LogP contribution in [0.2, 0.25) is 5.02 Å². The van der Waals surface area contributed by atoms with Gasteiger partial charge < -0.3 is 116 Å². The van der Waals surface area contributed by atoms with E-state index in [0.29, 0.717) is 54.9 Å². The molecule has 1 aromatic heterocycles. The summed E-state index contributed by atoms with van der Waals surface area (Å²) in [6.07, 6.45) is -2.06. The normalized spacial score (nSPS) is 38.3. The fraction of sp³-hybridized carbons (Fsp3) is 0.670. The van der Waals surface area contributed by atoms with E-state index < -0.39 is 219 Å². The maximum absolute atomic E-state index is 13.8. The number of likely N-dealkylation sites (N-methyl/N-ethyl adjacent to an activating group) is 1. The number of phenolic OH excluding ortho intramolecular Hbond substituents is 1. The van der Waals surface area contributed by atoms with Crippen molar-refractivity contribution in [3.8, 4) is 5.75 Å². The Hall–Kier alpha value is -8.06. The Balaban J connectivity index is 0.000000216. The van der Waals surface area contributed by atoms with Gasteiger partial charge in [-0.2, -0.15) is 0 Å². The number of aldehydes is 1. The van der Waals surface area contributed by atoms with Gasteiger partial charge in [0.15, 0.2) is 52.2 Å². The van der Waals surface area contributed by atoms with Crippen molar-refractivity contribution in [1.29, 1.82) is 0 Å². The number of Topliss-reactive ketones (excluding diaryl/α,β-unsaturated/α-hetero) is 4. The molecule has 35 nitrogen and oxygen atoms in total. The Morgan fingerprint density at radius 2 is 1.40 bits per heavy atom. The summed E-state index contributed by atoms with van der Waals surface area (Å²) in [5.41, 5.74) is 9.64. The first kappa shape index (κ1) is 114. The average molecular weight is 2000 g/mol. The number of anilines is 1. The van der Waals surface area contributed by atoms with Crippen molar-refractivity contribution in [3.05, 3.63) is 128 Å². The predicted octanol–water partition coefficient (Wildman–Crippen LogP) is 8.91. The summed E-state index contributed by atoms with van der Waals surface area (Å²) in [7, 11) is 2.94. The molecule has 6 aliphatic carbocycles. The van der Waals surface area contributed by atoms with Gasteiger partial charge in [0.2, 0.25) is 5.78 Å². The Bertz CT molecular complexity index is 5250. The number of allylic oxidation sites excluding steroid dienone is 5. The minimum atomic E-state index is -3.44. The summed E-state index contributed by atoms with van der Waals surface area (Å²) in [4.78, 5) is 112. The Morgan fingerprint density at radius 3 is 2.00 bits per heavy atom. The maximum Gasteiger partial charge on any atom is 0.308 e. The number of hydrogen-bond donors (Lipinski definition) is 14. The Kier molecular flexibility index (Phi) is 37.9. The number of rotatable bonds is 19. The van der Waals surface area contributed by atoms with Crippen LogP contribution in [-0.2, 0) is 97.4 Å². The Labute approximate surface area is 825 Å². The van der Waals surface area contributed by atoms with Crippen molar-refractivity contribution in [2.45, 2.75) is 333 Å². The Morgan fingerprint density at radius 1 is 0.757 bits per heavy atom. The van der Waals surface area contributed by atoms with E-state index in [4.69, 9.17) is 61.0 Å². The van der Waals surface area contributed by atoms with E-state index in [0.717, 1.165) is 55.0 Å². The largest absolute Gasteiger partial charge is 0.510 e. The number of sulfone groups is 1. The number of carbonyl (C=O) groups excluding carboxylic acids is 8. The highest BCUT2D eigenvalue weighted by Crippen LogP contribution is 2.67. The first-order valence-corrected chi connectivity index (χ1v) is 50.7. The van der Waals surface area contributed by atoms with Gasteiger partial charge in [-0.15, -0.1) is 0 Å². The molecule has 15 unspecified atom stereocenters. The number of nitrogens with one attached hydrogen (secondary N) is 1. The number of carbonyl (C=O) groups is 8. The number of aliphatic hydroxyl groups excluding tert-OH is 7. The molecule has 2 saturated carbocycles. The lowest BCUT2D eigenvalue weighted by atomic mass is 9.47. The van der Waals surface area contributed by atoms with E-state index in [-0.39, 0.29) is 113 Å². The molecular weight excluding hydrogens is 1850 g/mol. The topological polar surface area (TPSA) is 560 Å². The third-order valence-corrected chi connectivity index (χ3v) is 33.3. The molecule has 778 valence electrons. The standard InChI is InChI=1S/C46H79NO16.C22H25ClN2O8.C22H30O3.C13H15N3O2S/c1-12-35-31(22-57-44-26(5)41(56-11)38(52)27(6)59-44)17-23(2)13-14-33(49)24(3)18-30(15-16-48)40(25(4)34(50)19-36(51)61-35)63-45-39(53)32(21-47-10)42(28(7)60-45)62-37-20-46(9,55)43(54)29(8)58-37;1-22(33)8-4-6-10(25(2)3)16(27)14(21(24)32)19(30)20(31)18(29)12(8)17(28)13-11(26)7-5-9(23)15(13)22;1-13-11-16-17(20(3)8-5-15(24)12-19(13)20)6-9-21(4)18(16)7-10-22(21,25)14(2)23;1-9-7-10(2)16-13(15-9)8-19(17,18)12-5-3-11(14)4-6-12/h16-17,24-32,34-35,37-45,47,50,52-55H,12-15,18-22H2,1-11H3;5,7-8,10,20,26-28,31,33H,4,6H2,1-3H3,(H2,24,32);11-12,16-18,25H,5-10H2,1-4H3;3-7H,8,14H2,1-2H3/b23-17+;16-14-;;/t24-,25+,26?,27?,28?,29?,30+,31-,32?,34-,35-,37?,38?,39?,40-,41?,42?,43?,44?,45?,46?;8?,10-,20+,22+;16-,17+,18+,20-,21+,22+;/m111./s1. The monoisotopic (exact) mass is 2000 g/mol. The molecule has 31 atom stereocenters. The smallest absolute Gasteiger partial charge is 0.308 e. The number of aryl methyl sites for hydroxylation is 2. The summed E-state index contributed by atoms with van der Waals surface area (Å²) in [6.45, 7) is 29.3. The summed E-state index contributed by atoms with van der Waals surface area (Å²) >= 11 is 6.27. The molecule has 4 aliphatic heterocycles. The number of ketones is 5. The van der Waals surface area contributed by atoms with Crippen molar-refractivity contribution in [3.63, 3.8) is 0 Å². The first-order chi connectivity index (χ1) is 65.4. The molecule has 10 aliphatic rings. The minimum Gasteiger partial charge on any atom is -0.510 e. The number of aromatic nitrogens is 2. The van der Waals surface area contributed by atoms with Gasteiger partial charge in [0.25, 0.3) is 5.91 Å². The van der Waals surface area contributed by atoms with Crippen molar-refractivity contribution in [1.82, 2.24) is 20.2 Å². The number of halogens is 1. The second kappa shape index (κ2) is 46.5. The van der Waals surface area contributed by atoms with Gasteiger partial charge in [-0.25, -0.2) is 18.4 Å². The van der Waals surface area contributed by atoms with Crippen LogP contribution >= 0.6 is 11.6 Å². The van der Waals surface area contributed by atoms with E-state index in [9.17, 15) is 103 Å². The summed E-state index contributed by atoms with van der Waals surface area (Å²) in [6, 6.07) is 9.45. The quantitative estimate of drug-likeness (QED) is 0.0133. The van der Waals surface area contributed by atoms with Crippen LogP contribution < -0.4 is 16.8 Å². The molecule has 3 saturated heterocycles. The highest BCUT2D eigenvalue weighted by Gasteiger charge is 2.66. The van der Waals surface area contributed by atoms with Gasteiger partial charge in [0, 0.05) is 113 Å². The third kappa shape index (κ3) is 24.5. The van der Waals surface area contributed by atoms with Gasteiger partial charge in [-0.05, 0) is 238 Å². The number of primary amides is 1. The van der Waals surface area contributed by atoms with E-state index in [2.05, 4.69) is 42.1 Å². The molecule has 5 heterocycles. The molecule has 37 heteroatoms. The number of aromatic hydroxyl groups is 1. The zero-order valence-electron chi connectivity index (χ0n) is 84.1. The lowest BCUT2D eigenvalue weighted by Crippen LogP contribution is -2.61. The van der Waals surface area contributed by atoms with Crippen LogP contribution in [0.3, 0.4) is 0 Å². The number of nitrogens with two attached hydrogens (primary N) is 2. The number of hydrogen-bond acceptors (Lipinski definition) is 34. The van der Waals surface area contributed by atoms with Crippen LogP contribution in [0.25, 0.3) is 5.76 Å². The minimum absolute atomic E-state index is 0.00956. The number of benzene rings is 2. The number of fused-ring (bicyclic) bond motifs is 7. The number of cyclic esters (lactones) is 1. The second-order valence-electron chi connectivity index (χ2n) is 41.5. The molecular formula is C103H149ClN6O29S. The van der Waals surface area contributed by atoms with Crippen LogP contribution in [0.5, 0.6) is 5.75 Å². The van der Waals surface area contributed by atoms with Crippen LogP contribution in [-0.4, -0.2) is 277 Å². The fourth-order valence-corrected chi connectivity index (χ4v) is 24.8. The highest BCUT2D eigenvalue weighted by molar-refractivity contribution is 7.90. The SMILES string of the molecule is CC(=O)[C@@]1(O)CC[C@H]2[C@@H]3C=C(C)C4=CC(=O)CC[C@]4(C)[C@H]3CC[C@@]21C.CC[C@H]1OC(=O)C[C@@H](O)[C@H](C)[C@@H](OC2OC(C)C(OC3CC(C)(O)C(O)C(C)O3)C(CNC)C2O)[C@@H](CC=O)C[C@@H](C)C(=O)CC/C(C)=C/[C@@H]1COC1OC(C)C(O)C(OC)C1C.CN(C)[C@@H]1CCC2C(=C(O)c3c(O)ccc(Cl)c3[C@@]2(C)O)C(=O)[C@H](O)C(=O)/C(C(N)=O)=C\1O.Cc1cc(C)nc(CS(=O)(=O)c2ccc(N)cc2)n1. The summed E-state index contributed by atoms with van der Waals surface area (Å²) in [5, 5.41) is 124. The van der Waals surface area contributed by atoms with Crippen LogP contribution in [0, 0.1) is 83.9 Å².